The van der Waals surface area contributed by atoms with E-state index in [4.69, 9.17) is 0 Å². The lowest BCUT2D eigenvalue weighted by Crippen LogP contribution is -2.56. The summed E-state index contributed by atoms with van der Waals surface area (Å²) >= 11 is 0. The molecule has 6 aliphatic rings. The van der Waals surface area contributed by atoms with Crippen molar-refractivity contribution in [3.05, 3.63) is 0 Å². The van der Waals surface area contributed by atoms with Crippen molar-refractivity contribution < 1.29 is 9.59 Å². The molecule has 4 saturated carbocycles. The van der Waals surface area contributed by atoms with Crippen LogP contribution in [0.25, 0.3) is 0 Å². The Labute approximate surface area is 151 Å². The Morgan fingerprint density at radius 2 is 1.24 bits per heavy atom. The highest BCUT2D eigenvalue weighted by Crippen LogP contribution is 2.60. The van der Waals surface area contributed by atoms with Crippen molar-refractivity contribution in [2.45, 2.75) is 64.2 Å². The Bertz CT molecular complexity index is 523. The van der Waals surface area contributed by atoms with Crippen LogP contribution < -0.4 is 0 Å². The lowest BCUT2D eigenvalue weighted by Gasteiger charge is -2.57. The minimum Gasteiger partial charge on any atom is -0.342 e. The molecular formula is C21H32N2O2. The third-order valence-electron chi connectivity index (χ3n) is 8.04. The molecular weight excluding hydrogens is 312 g/mol. The van der Waals surface area contributed by atoms with Crippen molar-refractivity contribution >= 4 is 11.8 Å². The number of amides is 2. The van der Waals surface area contributed by atoms with E-state index >= 15 is 0 Å². The van der Waals surface area contributed by atoms with Gasteiger partial charge in [-0.05, 0) is 82.0 Å². The Morgan fingerprint density at radius 1 is 0.720 bits per heavy atom. The molecule has 2 amide bonds. The fraction of sp³-hybridized carbons (Fsp3) is 0.905. The number of rotatable bonds is 2. The number of carbonyl (C=O) groups is 2. The van der Waals surface area contributed by atoms with E-state index < -0.39 is 0 Å². The largest absolute Gasteiger partial charge is 0.342 e. The SMILES string of the molecule is O=C(C1CCN(C(=O)C23CC4CC(CC(C4)C2)C3)CC1)N1CCCC1. The predicted molar refractivity (Wildman–Crippen MR) is 95.7 cm³/mol. The number of likely N-dealkylation sites (tertiary alicyclic amines) is 2. The maximum absolute atomic E-state index is 13.4. The highest BCUT2D eigenvalue weighted by molar-refractivity contribution is 5.84. The van der Waals surface area contributed by atoms with Gasteiger partial charge in [-0.15, -0.1) is 0 Å². The van der Waals surface area contributed by atoms with Crippen LogP contribution in [0.15, 0.2) is 0 Å². The van der Waals surface area contributed by atoms with Gasteiger partial charge in [0.2, 0.25) is 11.8 Å². The molecule has 4 bridgehead atoms. The first-order valence-electron chi connectivity index (χ1n) is 10.7. The molecule has 0 aromatic rings. The molecule has 0 N–H and O–H groups in total. The van der Waals surface area contributed by atoms with E-state index in [1.807, 2.05) is 0 Å². The van der Waals surface area contributed by atoms with Crippen LogP contribution in [0.5, 0.6) is 0 Å². The highest BCUT2D eigenvalue weighted by Gasteiger charge is 2.55. The molecule has 0 spiro atoms. The summed E-state index contributed by atoms with van der Waals surface area (Å²) in [5.41, 5.74) is -0.0133. The lowest BCUT2D eigenvalue weighted by atomic mass is 9.49. The number of piperidine rings is 1. The summed E-state index contributed by atoms with van der Waals surface area (Å²) in [4.78, 5) is 30.2. The molecule has 0 aromatic carbocycles. The van der Waals surface area contributed by atoms with E-state index in [2.05, 4.69) is 9.80 Å². The third kappa shape index (κ3) is 2.71. The highest BCUT2D eigenvalue weighted by atomic mass is 16.2. The van der Waals surface area contributed by atoms with Gasteiger partial charge >= 0.3 is 0 Å². The van der Waals surface area contributed by atoms with Crippen LogP contribution in [0.2, 0.25) is 0 Å². The minimum atomic E-state index is -0.0133. The fourth-order valence-electron chi connectivity index (χ4n) is 7.23. The second-order valence-electron chi connectivity index (χ2n) is 9.80. The Balaban J connectivity index is 1.22. The fourth-order valence-corrected chi connectivity index (χ4v) is 7.23. The van der Waals surface area contributed by atoms with E-state index in [-0.39, 0.29) is 11.3 Å². The summed E-state index contributed by atoms with van der Waals surface area (Å²) in [6.45, 7) is 3.52. The first kappa shape index (κ1) is 16.1. The molecule has 6 rings (SSSR count). The van der Waals surface area contributed by atoms with Gasteiger partial charge in [-0.1, -0.05) is 0 Å². The summed E-state index contributed by atoms with van der Waals surface area (Å²) in [5, 5.41) is 0. The van der Waals surface area contributed by atoms with Gasteiger partial charge in [0.05, 0.1) is 5.41 Å². The Morgan fingerprint density at radius 3 is 1.76 bits per heavy atom. The molecule has 4 nitrogen and oxygen atoms in total. The number of nitrogens with zero attached hydrogens (tertiary/aromatic N) is 2. The topological polar surface area (TPSA) is 40.6 Å². The van der Waals surface area contributed by atoms with Gasteiger partial charge < -0.3 is 9.80 Å². The van der Waals surface area contributed by atoms with E-state index in [0.29, 0.717) is 11.8 Å². The second-order valence-corrected chi connectivity index (χ2v) is 9.80. The zero-order valence-electron chi connectivity index (χ0n) is 15.4. The van der Waals surface area contributed by atoms with Crippen molar-refractivity contribution in [1.29, 1.82) is 0 Å². The minimum absolute atomic E-state index is 0.0133. The molecule has 4 heteroatoms. The predicted octanol–water partition coefficient (Wildman–Crippen LogP) is 3.06. The molecule has 2 heterocycles. The van der Waals surface area contributed by atoms with Gasteiger partial charge in [-0.25, -0.2) is 0 Å². The van der Waals surface area contributed by atoms with Gasteiger partial charge in [-0.3, -0.25) is 9.59 Å². The van der Waals surface area contributed by atoms with E-state index in [9.17, 15) is 9.59 Å². The first-order chi connectivity index (χ1) is 12.1. The third-order valence-corrected chi connectivity index (χ3v) is 8.04. The van der Waals surface area contributed by atoms with Crippen LogP contribution in [0.4, 0.5) is 0 Å². The van der Waals surface area contributed by atoms with Crippen LogP contribution in [0.3, 0.4) is 0 Å². The van der Waals surface area contributed by atoms with Crippen LogP contribution in [0, 0.1) is 29.1 Å². The van der Waals surface area contributed by atoms with E-state index in [1.165, 1.54) is 19.3 Å². The van der Waals surface area contributed by atoms with Gasteiger partial charge in [0.25, 0.3) is 0 Å². The van der Waals surface area contributed by atoms with Crippen molar-refractivity contribution in [2.24, 2.45) is 29.1 Å². The summed E-state index contributed by atoms with van der Waals surface area (Å²) in [5.74, 6) is 3.45. The number of carbonyl (C=O) groups excluding carboxylic acids is 2. The molecule has 2 aliphatic heterocycles. The van der Waals surface area contributed by atoms with Crippen molar-refractivity contribution in [1.82, 2.24) is 9.80 Å². The van der Waals surface area contributed by atoms with Crippen molar-refractivity contribution in [3.63, 3.8) is 0 Å². The molecule has 4 aliphatic carbocycles. The van der Waals surface area contributed by atoms with Crippen LogP contribution >= 0.6 is 0 Å². The van der Waals surface area contributed by atoms with Crippen LogP contribution in [-0.4, -0.2) is 47.8 Å². The monoisotopic (exact) mass is 344 g/mol. The molecule has 0 atom stereocenters. The number of hydrogen-bond acceptors (Lipinski definition) is 2. The smallest absolute Gasteiger partial charge is 0.228 e. The van der Waals surface area contributed by atoms with Crippen molar-refractivity contribution in [2.75, 3.05) is 26.2 Å². The maximum atomic E-state index is 13.4. The summed E-state index contributed by atoms with van der Waals surface area (Å²) in [6.07, 6.45) is 11.7. The molecule has 2 saturated heterocycles. The summed E-state index contributed by atoms with van der Waals surface area (Å²) in [7, 11) is 0. The Hall–Kier alpha value is -1.06. The van der Waals surface area contributed by atoms with Gasteiger partial charge in [-0.2, -0.15) is 0 Å². The molecule has 25 heavy (non-hydrogen) atoms. The molecule has 138 valence electrons. The maximum Gasteiger partial charge on any atom is 0.228 e. The molecule has 0 radical (unpaired) electrons. The summed E-state index contributed by atoms with van der Waals surface area (Å²) < 4.78 is 0. The van der Waals surface area contributed by atoms with Crippen molar-refractivity contribution in [3.8, 4) is 0 Å². The zero-order valence-corrected chi connectivity index (χ0v) is 15.4. The van der Waals surface area contributed by atoms with E-state index in [0.717, 1.165) is 88.9 Å². The average molecular weight is 344 g/mol. The average Bonchev–Trinajstić information content (AvgIpc) is 3.14. The summed E-state index contributed by atoms with van der Waals surface area (Å²) in [6, 6.07) is 0. The van der Waals surface area contributed by atoms with Gasteiger partial charge in [0, 0.05) is 32.1 Å². The molecule has 0 unspecified atom stereocenters. The van der Waals surface area contributed by atoms with Crippen LogP contribution in [-0.2, 0) is 9.59 Å². The molecule has 0 aromatic heterocycles. The zero-order chi connectivity index (χ0) is 17.0. The standard InChI is InChI=1S/C21H32N2O2/c24-19(22-5-1-2-6-22)18-3-7-23(8-4-18)20(25)21-12-15-9-16(13-21)11-17(10-15)14-21/h15-18H,1-14H2. The van der Waals surface area contributed by atoms with Gasteiger partial charge in [0.15, 0.2) is 0 Å². The Kier molecular flexibility index (Phi) is 3.87. The quantitative estimate of drug-likeness (QED) is 0.772. The molecule has 6 fully saturated rings. The second kappa shape index (κ2) is 5.99. The van der Waals surface area contributed by atoms with E-state index in [1.54, 1.807) is 0 Å². The lowest BCUT2D eigenvalue weighted by molar-refractivity contribution is -0.160. The number of hydrogen-bond donors (Lipinski definition) is 0. The van der Waals surface area contributed by atoms with Gasteiger partial charge in [0.1, 0.15) is 0 Å². The first-order valence-corrected chi connectivity index (χ1v) is 10.7. The normalized spacial score (nSPS) is 40.7. The van der Waals surface area contributed by atoms with Crippen LogP contribution in [0.1, 0.15) is 64.2 Å².